The van der Waals surface area contributed by atoms with Crippen LogP contribution in [0.15, 0.2) is 27.8 Å². The summed E-state index contributed by atoms with van der Waals surface area (Å²) in [4.78, 5) is 40.6. The van der Waals surface area contributed by atoms with E-state index >= 15 is 0 Å². The Morgan fingerprint density at radius 1 is 0.537 bits per heavy atom. The number of benzene rings is 8. The standard InChI is InChI=1S/C30H13IO10/c1-5-2-7(32)14-17-11(5)12-6(30(40)41)3-8(33)15-18(12)21-20(17)19-13(9(34)4-10(35)16(19)26(14)36)23-22(21)24(27(15)37)29(39)25(31)28(23)38/h2-4,32-35,38-39H,1H3,(H,40,41)/i31-4. The number of hydrogen-bond donors (Lipinski definition) is 7. The maximum Gasteiger partial charge on any atom is 0.336 e. The fraction of sp³-hybridized carbons (Fsp3) is 0.0333. The van der Waals surface area contributed by atoms with Gasteiger partial charge in [0.25, 0.3) is 0 Å². The van der Waals surface area contributed by atoms with Crippen molar-refractivity contribution in [2.45, 2.75) is 6.92 Å². The summed E-state index contributed by atoms with van der Waals surface area (Å²) in [5.74, 6) is -4.81. The lowest BCUT2D eigenvalue weighted by atomic mass is 9.78. The van der Waals surface area contributed by atoms with Gasteiger partial charge in [-0.1, -0.05) is 0 Å². The van der Waals surface area contributed by atoms with E-state index in [1.165, 1.54) is 6.07 Å². The van der Waals surface area contributed by atoms with Crippen LogP contribution in [0.25, 0.3) is 75.4 Å². The molecule has 0 amide bonds. The Balaban J connectivity index is 2.03. The Morgan fingerprint density at radius 2 is 0.951 bits per heavy atom. The van der Waals surface area contributed by atoms with Gasteiger partial charge in [0.2, 0.25) is 10.9 Å². The van der Waals surface area contributed by atoms with Crippen LogP contribution in [0.1, 0.15) is 15.9 Å². The lowest BCUT2D eigenvalue weighted by Gasteiger charge is -2.25. The smallest absolute Gasteiger partial charge is 0.336 e. The third-order valence-electron chi connectivity index (χ3n) is 8.37. The Bertz CT molecular complexity index is 2680. The minimum absolute atomic E-state index is 0.00246. The van der Waals surface area contributed by atoms with Gasteiger partial charge in [-0.3, -0.25) is 9.59 Å². The number of hydrogen-bond acceptors (Lipinski definition) is 9. The van der Waals surface area contributed by atoms with Gasteiger partial charge in [-0.15, -0.1) is 0 Å². The molecule has 8 aromatic carbocycles. The molecule has 0 aliphatic carbocycles. The van der Waals surface area contributed by atoms with E-state index < -0.39 is 51.3 Å². The third kappa shape index (κ3) is 2.36. The van der Waals surface area contributed by atoms with Crippen LogP contribution in [-0.2, 0) is 0 Å². The molecule has 0 saturated carbocycles. The Labute approximate surface area is 238 Å². The molecular formula is C30H13IO10. The van der Waals surface area contributed by atoms with Gasteiger partial charge in [0.05, 0.1) is 30.7 Å². The minimum atomic E-state index is -1.44. The second-order valence-corrected chi connectivity index (χ2v) is 11.4. The number of phenolic OH excluding ortho intramolecular Hbond substituents is 6. The minimum Gasteiger partial charge on any atom is -0.507 e. The molecule has 41 heavy (non-hydrogen) atoms. The molecule has 7 N–H and O–H groups in total. The van der Waals surface area contributed by atoms with Gasteiger partial charge >= 0.3 is 5.97 Å². The van der Waals surface area contributed by atoms with Gasteiger partial charge in [-0.05, 0) is 52.6 Å². The van der Waals surface area contributed by atoms with Crippen molar-refractivity contribution in [3.05, 3.63) is 53.3 Å². The van der Waals surface area contributed by atoms with Crippen molar-refractivity contribution in [3.8, 4) is 34.5 Å². The summed E-state index contributed by atoms with van der Waals surface area (Å²) in [7, 11) is 0. The first-order valence-corrected chi connectivity index (χ1v) is 13.2. The van der Waals surface area contributed by atoms with Crippen molar-refractivity contribution in [2.24, 2.45) is 0 Å². The second-order valence-electron chi connectivity index (χ2n) is 10.3. The third-order valence-corrected chi connectivity index (χ3v) is 9.40. The van der Waals surface area contributed by atoms with Gasteiger partial charge in [0.15, 0.2) is 0 Å². The Kier molecular flexibility index (Phi) is 4.06. The zero-order chi connectivity index (χ0) is 29.1. The molecule has 8 aromatic rings. The summed E-state index contributed by atoms with van der Waals surface area (Å²) < 4.78 is -0.146. The summed E-state index contributed by atoms with van der Waals surface area (Å²) in [5, 5.41) is 76.1. The number of aromatic carboxylic acids is 1. The Hall–Kier alpha value is -5.04. The lowest BCUT2D eigenvalue weighted by Crippen LogP contribution is -2.12. The summed E-state index contributed by atoms with van der Waals surface area (Å²) in [6.45, 7) is 1.58. The number of rotatable bonds is 1. The number of carboxylic acid groups (broad SMARTS) is 1. The van der Waals surface area contributed by atoms with E-state index in [-0.39, 0.29) is 84.5 Å². The first-order valence-electron chi connectivity index (χ1n) is 12.1. The van der Waals surface area contributed by atoms with Crippen LogP contribution >= 0.6 is 22.6 Å². The summed E-state index contributed by atoms with van der Waals surface area (Å²) >= 11 is 1.62. The molecule has 0 saturated heterocycles. The van der Waals surface area contributed by atoms with Gasteiger partial charge in [-0.25, -0.2) is 4.79 Å². The number of aryl methyl sites for hydroxylation is 1. The van der Waals surface area contributed by atoms with Crippen LogP contribution in [0.4, 0.5) is 0 Å². The summed E-state index contributed by atoms with van der Waals surface area (Å²) in [6.07, 6.45) is 0. The van der Waals surface area contributed by atoms with Crippen molar-refractivity contribution in [3.63, 3.8) is 0 Å². The van der Waals surface area contributed by atoms with Crippen molar-refractivity contribution in [1.82, 2.24) is 0 Å². The number of fused-ring (bicyclic) bond motifs is 2. The van der Waals surface area contributed by atoms with Gasteiger partial charge in [0.1, 0.15) is 34.5 Å². The normalized spacial score (nSPS) is 12.6. The van der Waals surface area contributed by atoms with E-state index in [1.54, 1.807) is 29.5 Å². The molecule has 0 radical (unpaired) electrons. The van der Waals surface area contributed by atoms with Crippen molar-refractivity contribution >= 4 is 104 Å². The maximum atomic E-state index is 14.1. The molecule has 10 nitrogen and oxygen atoms in total. The van der Waals surface area contributed by atoms with Gasteiger partial charge in [-0.2, -0.15) is 0 Å². The summed E-state index contributed by atoms with van der Waals surface area (Å²) in [6, 6.07) is 3.12. The highest BCUT2D eigenvalue weighted by molar-refractivity contribution is 14.1. The predicted molar refractivity (Wildman–Crippen MR) is 161 cm³/mol. The fourth-order valence-electron chi connectivity index (χ4n) is 6.97. The average molecular weight is 656 g/mol. The van der Waals surface area contributed by atoms with Crippen LogP contribution in [0, 0.1) is 10.5 Å². The van der Waals surface area contributed by atoms with E-state index in [0.29, 0.717) is 5.56 Å². The molecule has 0 heterocycles. The number of halogens is 1. The molecule has 0 aliphatic rings. The highest BCUT2D eigenvalue weighted by Gasteiger charge is 2.34. The van der Waals surface area contributed by atoms with Crippen molar-refractivity contribution in [1.29, 1.82) is 0 Å². The van der Waals surface area contributed by atoms with E-state index in [1.807, 2.05) is 0 Å². The van der Waals surface area contributed by atoms with Gasteiger partial charge < -0.3 is 35.7 Å². The topological polar surface area (TPSA) is 193 Å². The van der Waals surface area contributed by atoms with E-state index in [9.17, 15) is 50.1 Å². The molecule has 0 atom stereocenters. The van der Waals surface area contributed by atoms with Crippen LogP contribution in [0.2, 0.25) is 0 Å². The lowest BCUT2D eigenvalue weighted by molar-refractivity contribution is 0.0698. The highest BCUT2D eigenvalue weighted by Crippen LogP contribution is 2.57. The molecule has 0 spiro atoms. The van der Waals surface area contributed by atoms with E-state index in [4.69, 9.17) is 0 Å². The molecule has 0 bridgehead atoms. The summed E-state index contributed by atoms with van der Waals surface area (Å²) in [5.41, 5.74) is -1.69. The number of phenols is 6. The number of aromatic hydroxyl groups is 6. The SMILES string of the molecule is Cc1cc(O)c2c(=O)c3c(O)cc(O)c4c5c(O)c([123I])c(O)c6c(=O)c7c(O)cc(C(=O)O)c8c1c2c(c34)c(c78)c65. The van der Waals surface area contributed by atoms with Crippen LogP contribution in [0.5, 0.6) is 34.5 Å². The first kappa shape index (κ1) is 23.8. The van der Waals surface area contributed by atoms with Crippen molar-refractivity contribution in [2.75, 3.05) is 0 Å². The zero-order valence-electron chi connectivity index (χ0n) is 20.5. The number of carbonyl (C=O) groups is 1. The maximum absolute atomic E-state index is 14.1. The fourth-order valence-corrected chi connectivity index (χ4v) is 7.51. The van der Waals surface area contributed by atoms with Gasteiger partial charge in [0, 0.05) is 54.5 Å². The quantitative estimate of drug-likeness (QED) is 0.0713. The number of carboxylic acids is 1. The molecule has 11 heteroatoms. The van der Waals surface area contributed by atoms with E-state index in [2.05, 4.69) is 0 Å². The molecule has 0 fully saturated rings. The van der Waals surface area contributed by atoms with Crippen LogP contribution in [0.3, 0.4) is 0 Å². The van der Waals surface area contributed by atoms with Crippen LogP contribution < -0.4 is 10.9 Å². The molecular weight excluding hydrogens is 643 g/mol. The zero-order valence-corrected chi connectivity index (χ0v) is 22.6. The largest absolute Gasteiger partial charge is 0.507 e. The highest BCUT2D eigenvalue weighted by atomic mass is 123. The Morgan fingerprint density at radius 3 is 1.56 bits per heavy atom. The first-order chi connectivity index (χ1) is 19.4. The molecule has 8 rings (SSSR count). The molecule has 0 aromatic heterocycles. The molecule has 0 unspecified atom stereocenters. The molecule has 0 aliphatic heterocycles. The second kappa shape index (κ2) is 6.99. The predicted octanol–water partition coefficient (Wildman–Crippen LogP) is 5.08. The van der Waals surface area contributed by atoms with Crippen LogP contribution in [-0.4, -0.2) is 41.7 Å². The van der Waals surface area contributed by atoms with Crippen molar-refractivity contribution < 1.29 is 40.5 Å². The monoisotopic (exact) mass is 656 g/mol. The average Bonchev–Trinajstić information content (AvgIpc) is 2.89. The van der Waals surface area contributed by atoms with E-state index in [0.717, 1.165) is 12.1 Å². The molecule has 200 valence electrons.